The van der Waals surface area contributed by atoms with Crippen LogP contribution in [0.25, 0.3) is 0 Å². The van der Waals surface area contributed by atoms with E-state index in [-0.39, 0.29) is 22.5 Å². The average Bonchev–Trinajstić information content (AvgIpc) is 2.65. The van der Waals surface area contributed by atoms with Crippen LogP contribution in [0.4, 0.5) is 5.69 Å². The first-order valence-corrected chi connectivity index (χ1v) is 9.17. The Morgan fingerprint density at radius 1 is 1.14 bits per heavy atom. The number of nitrogens with two attached hydrogens (primary N) is 1. The molecule has 1 fully saturated rings. The maximum Gasteiger partial charge on any atom is 0.251 e. The van der Waals surface area contributed by atoms with Crippen molar-refractivity contribution >= 4 is 21.4 Å². The summed E-state index contributed by atoms with van der Waals surface area (Å²) < 4.78 is 23.2. The summed E-state index contributed by atoms with van der Waals surface area (Å²) in [6.07, 6.45) is 7.73. The van der Waals surface area contributed by atoms with E-state index >= 15 is 0 Å². The zero-order valence-corrected chi connectivity index (χ0v) is 13.1. The van der Waals surface area contributed by atoms with Crippen molar-refractivity contribution in [2.24, 2.45) is 0 Å². The number of sulfone groups is 1. The summed E-state index contributed by atoms with van der Waals surface area (Å²) in [6.45, 7) is 0. The van der Waals surface area contributed by atoms with Crippen LogP contribution in [0.1, 0.15) is 48.9 Å². The van der Waals surface area contributed by atoms with E-state index in [1.807, 2.05) is 0 Å². The number of amides is 1. The number of nitrogen functional groups attached to an aromatic ring is 1. The lowest BCUT2D eigenvalue weighted by atomic mass is 10.1. The topological polar surface area (TPSA) is 89.3 Å². The molecule has 0 heterocycles. The first-order valence-electron chi connectivity index (χ1n) is 7.28. The number of hydrogen-bond acceptors (Lipinski definition) is 4. The van der Waals surface area contributed by atoms with Crippen molar-refractivity contribution < 1.29 is 13.2 Å². The van der Waals surface area contributed by atoms with Crippen LogP contribution in [0.2, 0.25) is 0 Å². The summed E-state index contributed by atoms with van der Waals surface area (Å²) in [5.74, 6) is -0.251. The predicted octanol–water partition coefficient (Wildman–Crippen LogP) is 2.12. The van der Waals surface area contributed by atoms with Crippen molar-refractivity contribution in [3.05, 3.63) is 23.8 Å². The van der Waals surface area contributed by atoms with Gasteiger partial charge in [-0.1, -0.05) is 25.7 Å². The number of carbonyl (C=O) groups excluding carboxylic acids is 1. The first kappa shape index (κ1) is 15.8. The van der Waals surface area contributed by atoms with E-state index < -0.39 is 9.84 Å². The maximum absolute atomic E-state index is 12.3. The Labute approximate surface area is 125 Å². The Morgan fingerprint density at radius 2 is 1.76 bits per heavy atom. The molecule has 6 heteroatoms. The summed E-state index contributed by atoms with van der Waals surface area (Å²) in [7, 11) is -3.38. The molecular weight excluding hydrogens is 288 g/mol. The Bertz CT molecular complexity index is 618. The highest BCUT2D eigenvalue weighted by Gasteiger charge is 2.18. The number of nitrogens with one attached hydrogen (secondary N) is 1. The third kappa shape index (κ3) is 4.46. The quantitative estimate of drug-likeness (QED) is 0.661. The van der Waals surface area contributed by atoms with E-state index in [1.165, 1.54) is 31.0 Å². The summed E-state index contributed by atoms with van der Waals surface area (Å²) in [5.41, 5.74) is 6.29. The molecule has 0 aliphatic heterocycles. The lowest BCUT2D eigenvalue weighted by Crippen LogP contribution is -2.34. The summed E-state index contributed by atoms with van der Waals surface area (Å²) in [4.78, 5) is 12.4. The first-order chi connectivity index (χ1) is 9.86. The lowest BCUT2D eigenvalue weighted by molar-refractivity contribution is 0.0933. The van der Waals surface area contributed by atoms with Crippen molar-refractivity contribution in [1.29, 1.82) is 0 Å². The third-order valence-corrected chi connectivity index (χ3v) is 4.90. The highest BCUT2D eigenvalue weighted by atomic mass is 32.2. The van der Waals surface area contributed by atoms with Gasteiger partial charge in [0.25, 0.3) is 5.91 Å². The van der Waals surface area contributed by atoms with E-state index in [1.54, 1.807) is 0 Å². The second-order valence-electron chi connectivity index (χ2n) is 5.72. The molecule has 0 spiro atoms. The van der Waals surface area contributed by atoms with Crippen molar-refractivity contribution in [2.75, 3.05) is 12.0 Å². The molecule has 0 bridgehead atoms. The molecule has 0 radical (unpaired) electrons. The van der Waals surface area contributed by atoms with Gasteiger partial charge in [0.05, 0.1) is 4.90 Å². The molecule has 116 valence electrons. The fourth-order valence-corrected chi connectivity index (χ4v) is 3.35. The molecule has 21 heavy (non-hydrogen) atoms. The molecule has 1 aromatic rings. The summed E-state index contributed by atoms with van der Waals surface area (Å²) >= 11 is 0. The maximum atomic E-state index is 12.3. The Balaban J connectivity index is 2.17. The van der Waals surface area contributed by atoms with Gasteiger partial charge in [0, 0.05) is 23.5 Å². The van der Waals surface area contributed by atoms with Gasteiger partial charge in [-0.2, -0.15) is 0 Å². The Hall–Kier alpha value is -1.56. The monoisotopic (exact) mass is 310 g/mol. The molecule has 0 atom stereocenters. The molecule has 0 unspecified atom stereocenters. The fraction of sp³-hybridized carbons (Fsp3) is 0.533. The van der Waals surface area contributed by atoms with Gasteiger partial charge in [-0.25, -0.2) is 8.42 Å². The average molecular weight is 310 g/mol. The lowest BCUT2D eigenvalue weighted by Gasteiger charge is -2.16. The molecule has 1 aromatic carbocycles. The Morgan fingerprint density at radius 3 is 2.33 bits per heavy atom. The van der Waals surface area contributed by atoms with E-state index in [4.69, 9.17) is 5.73 Å². The molecule has 1 aliphatic carbocycles. The zero-order valence-electron chi connectivity index (χ0n) is 12.3. The van der Waals surface area contributed by atoms with Gasteiger partial charge in [-0.3, -0.25) is 4.79 Å². The SMILES string of the molecule is CS(=O)(=O)c1cc(N)cc(C(=O)NC2CCCCCC2)c1. The van der Waals surface area contributed by atoms with Crippen molar-refractivity contribution in [3.63, 3.8) is 0 Å². The second kappa shape index (κ2) is 6.47. The van der Waals surface area contributed by atoms with Crippen molar-refractivity contribution in [3.8, 4) is 0 Å². The zero-order chi connectivity index (χ0) is 15.5. The van der Waals surface area contributed by atoms with Gasteiger partial charge in [0.15, 0.2) is 9.84 Å². The minimum Gasteiger partial charge on any atom is -0.399 e. The molecule has 1 saturated carbocycles. The molecule has 0 aromatic heterocycles. The van der Waals surface area contributed by atoms with Crippen LogP contribution in [0, 0.1) is 0 Å². The number of rotatable bonds is 3. The van der Waals surface area contributed by atoms with Crippen LogP contribution < -0.4 is 11.1 Å². The normalized spacial score (nSPS) is 17.2. The number of hydrogen-bond donors (Lipinski definition) is 2. The van der Waals surface area contributed by atoms with Crippen LogP contribution in [-0.4, -0.2) is 26.6 Å². The van der Waals surface area contributed by atoms with Crippen LogP contribution >= 0.6 is 0 Å². The van der Waals surface area contributed by atoms with Gasteiger partial charge in [0.2, 0.25) is 0 Å². The molecule has 1 aliphatic rings. The minimum absolute atomic E-state index is 0.0773. The van der Waals surface area contributed by atoms with E-state index in [2.05, 4.69) is 5.32 Å². The van der Waals surface area contributed by atoms with Crippen molar-refractivity contribution in [2.45, 2.75) is 49.5 Å². The van der Waals surface area contributed by atoms with Gasteiger partial charge >= 0.3 is 0 Å². The third-order valence-electron chi connectivity index (χ3n) is 3.81. The van der Waals surface area contributed by atoms with Crippen LogP contribution in [0.5, 0.6) is 0 Å². The van der Waals surface area contributed by atoms with E-state index in [0.29, 0.717) is 5.56 Å². The van der Waals surface area contributed by atoms with Crippen molar-refractivity contribution in [1.82, 2.24) is 5.32 Å². The predicted molar refractivity (Wildman–Crippen MR) is 82.9 cm³/mol. The molecule has 3 N–H and O–H groups in total. The molecule has 1 amide bonds. The van der Waals surface area contributed by atoms with Crippen LogP contribution in [-0.2, 0) is 9.84 Å². The Kier molecular flexibility index (Phi) is 4.88. The molecule has 5 nitrogen and oxygen atoms in total. The number of anilines is 1. The molecule has 2 rings (SSSR count). The highest BCUT2D eigenvalue weighted by Crippen LogP contribution is 2.20. The largest absolute Gasteiger partial charge is 0.399 e. The highest BCUT2D eigenvalue weighted by molar-refractivity contribution is 7.90. The smallest absolute Gasteiger partial charge is 0.251 e. The summed E-state index contributed by atoms with van der Waals surface area (Å²) in [6, 6.07) is 4.44. The van der Waals surface area contributed by atoms with Gasteiger partial charge in [0.1, 0.15) is 0 Å². The van der Waals surface area contributed by atoms with Crippen LogP contribution in [0.3, 0.4) is 0 Å². The summed E-state index contributed by atoms with van der Waals surface area (Å²) in [5, 5.41) is 2.99. The van der Waals surface area contributed by atoms with Gasteiger partial charge < -0.3 is 11.1 Å². The van der Waals surface area contributed by atoms with E-state index in [0.717, 1.165) is 31.9 Å². The van der Waals surface area contributed by atoms with Gasteiger partial charge in [-0.05, 0) is 31.0 Å². The number of benzene rings is 1. The molecule has 0 saturated heterocycles. The fourth-order valence-electron chi connectivity index (χ4n) is 2.66. The second-order valence-corrected chi connectivity index (χ2v) is 7.74. The van der Waals surface area contributed by atoms with E-state index in [9.17, 15) is 13.2 Å². The minimum atomic E-state index is -3.38. The number of carbonyl (C=O) groups is 1. The van der Waals surface area contributed by atoms with Crippen LogP contribution in [0.15, 0.2) is 23.1 Å². The standard InChI is InChI=1S/C15H22N2O3S/c1-21(19,20)14-9-11(8-12(16)10-14)15(18)17-13-6-4-2-3-5-7-13/h8-10,13H,2-7,16H2,1H3,(H,17,18). The van der Waals surface area contributed by atoms with Gasteiger partial charge in [-0.15, -0.1) is 0 Å². The molecular formula is C15H22N2O3S.